The molecule has 148 valence electrons. The topological polar surface area (TPSA) is 84.0 Å². The van der Waals surface area contributed by atoms with Gasteiger partial charge in [-0.15, -0.1) is 0 Å². The lowest BCUT2D eigenvalue weighted by Gasteiger charge is -2.18. The number of hydrogen-bond donors (Lipinski definition) is 0. The van der Waals surface area contributed by atoms with E-state index in [0.29, 0.717) is 22.2 Å². The number of hydrogen-bond acceptors (Lipinski definition) is 5. The number of carbonyl (C=O) groups is 2. The Morgan fingerprint density at radius 2 is 1.72 bits per heavy atom. The molecule has 8 heteroatoms. The van der Waals surface area contributed by atoms with Crippen molar-refractivity contribution in [2.45, 2.75) is 4.90 Å². The minimum Gasteiger partial charge on any atom is -0.496 e. The number of rotatable bonds is 4. The van der Waals surface area contributed by atoms with Crippen molar-refractivity contribution < 1.29 is 22.7 Å². The van der Waals surface area contributed by atoms with Crippen LogP contribution in [0.3, 0.4) is 0 Å². The highest BCUT2D eigenvalue weighted by Crippen LogP contribution is 2.41. The van der Waals surface area contributed by atoms with E-state index in [2.05, 4.69) is 0 Å². The largest absolute Gasteiger partial charge is 0.496 e. The molecule has 29 heavy (non-hydrogen) atoms. The van der Waals surface area contributed by atoms with Gasteiger partial charge in [-0.25, -0.2) is 17.6 Å². The van der Waals surface area contributed by atoms with Gasteiger partial charge in [-0.05, 0) is 30.3 Å². The van der Waals surface area contributed by atoms with Gasteiger partial charge < -0.3 is 4.74 Å². The summed E-state index contributed by atoms with van der Waals surface area (Å²) in [7, 11) is 0.613. The van der Waals surface area contributed by atoms with Crippen molar-refractivity contribution in [2.75, 3.05) is 26.1 Å². The van der Waals surface area contributed by atoms with Crippen LogP contribution in [0.1, 0.15) is 20.7 Å². The summed E-state index contributed by atoms with van der Waals surface area (Å²) in [6.07, 6.45) is 0. The Morgan fingerprint density at radius 3 is 2.41 bits per heavy atom. The quantitative estimate of drug-likeness (QED) is 0.618. The Labute approximate surface area is 168 Å². The second-order valence-corrected chi connectivity index (χ2v) is 8.86. The number of anilines is 1. The maximum absolute atomic E-state index is 13.2. The summed E-state index contributed by atoms with van der Waals surface area (Å²) in [6, 6.07) is 14.4. The number of amides is 2. The van der Waals surface area contributed by atoms with Gasteiger partial charge in [0.1, 0.15) is 5.75 Å². The molecular formula is C21H18N2O5S. The van der Waals surface area contributed by atoms with E-state index in [1.807, 2.05) is 0 Å². The van der Waals surface area contributed by atoms with E-state index in [9.17, 15) is 18.0 Å². The van der Waals surface area contributed by atoms with E-state index in [1.165, 1.54) is 33.3 Å². The molecule has 0 atom stereocenters. The molecule has 1 heterocycles. The number of carbonyl (C=O) groups excluding carboxylic acids is 2. The predicted octanol–water partition coefficient (Wildman–Crippen LogP) is 2.90. The Balaban J connectivity index is 1.95. The average molecular weight is 410 g/mol. The van der Waals surface area contributed by atoms with Crippen LogP contribution in [0.25, 0.3) is 10.8 Å². The molecule has 0 fully saturated rings. The Morgan fingerprint density at radius 1 is 1.00 bits per heavy atom. The van der Waals surface area contributed by atoms with Crippen LogP contribution >= 0.6 is 0 Å². The third-order valence-electron chi connectivity index (χ3n) is 4.95. The molecule has 1 aliphatic heterocycles. The first kappa shape index (κ1) is 19.1. The van der Waals surface area contributed by atoms with Gasteiger partial charge in [0.05, 0.1) is 28.8 Å². The SMILES string of the molecule is COc1ccccc1C(=O)N1C(=O)c2cccc3c(S(=O)(=O)N(C)C)ccc1c23. The third-order valence-corrected chi connectivity index (χ3v) is 6.83. The van der Waals surface area contributed by atoms with Crippen molar-refractivity contribution in [3.63, 3.8) is 0 Å². The van der Waals surface area contributed by atoms with Gasteiger partial charge in [0.2, 0.25) is 10.0 Å². The van der Waals surface area contributed by atoms with E-state index in [0.717, 1.165) is 9.21 Å². The molecule has 3 aromatic rings. The zero-order chi connectivity index (χ0) is 20.9. The Hall–Kier alpha value is -3.23. The molecule has 1 aliphatic rings. The van der Waals surface area contributed by atoms with E-state index in [-0.39, 0.29) is 16.0 Å². The standard InChI is InChI=1S/C21H18N2O5S/c1-22(2)29(26,27)18-12-11-16-19-14(18)8-6-9-15(19)21(25)23(16)20(24)13-7-4-5-10-17(13)28-3/h4-12H,1-3H3. The molecular weight excluding hydrogens is 392 g/mol. The normalized spacial score (nSPS) is 13.4. The van der Waals surface area contributed by atoms with Crippen LogP contribution in [0.5, 0.6) is 5.75 Å². The van der Waals surface area contributed by atoms with Crippen LogP contribution < -0.4 is 9.64 Å². The first-order valence-corrected chi connectivity index (χ1v) is 10.2. The highest BCUT2D eigenvalue weighted by Gasteiger charge is 2.37. The lowest BCUT2D eigenvalue weighted by Crippen LogP contribution is -2.34. The fourth-order valence-corrected chi connectivity index (χ4v) is 4.60. The lowest BCUT2D eigenvalue weighted by atomic mass is 10.1. The van der Waals surface area contributed by atoms with Crippen molar-refractivity contribution >= 4 is 38.3 Å². The summed E-state index contributed by atoms with van der Waals surface area (Å²) >= 11 is 0. The van der Waals surface area contributed by atoms with Crippen LogP contribution in [0.4, 0.5) is 5.69 Å². The zero-order valence-corrected chi connectivity index (χ0v) is 16.9. The first-order chi connectivity index (χ1) is 13.8. The van der Waals surface area contributed by atoms with Gasteiger partial charge in [0.25, 0.3) is 11.8 Å². The molecule has 3 aromatic carbocycles. The molecule has 2 amide bonds. The number of nitrogens with zero attached hydrogens (tertiary/aromatic N) is 2. The molecule has 0 spiro atoms. The molecule has 0 radical (unpaired) electrons. The summed E-state index contributed by atoms with van der Waals surface area (Å²) in [4.78, 5) is 27.5. The molecule has 0 aromatic heterocycles. The van der Waals surface area contributed by atoms with Crippen molar-refractivity contribution in [1.29, 1.82) is 0 Å². The highest BCUT2D eigenvalue weighted by molar-refractivity contribution is 7.89. The Kier molecular flexibility index (Phi) is 4.40. The van der Waals surface area contributed by atoms with Crippen LogP contribution in [0, 0.1) is 0 Å². The van der Waals surface area contributed by atoms with Crippen molar-refractivity contribution in [2.24, 2.45) is 0 Å². The van der Waals surface area contributed by atoms with Gasteiger partial charge in [0, 0.05) is 24.9 Å². The van der Waals surface area contributed by atoms with E-state index >= 15 is 0 Å². The van der Waals surface area contributed by atoms with E-state index in [1.54, 1.807) is 42.5 Å². The second kappa shape index (κ2) is 6.68. The summed E-state index contributed by atoms with van der Waals surface area (Å²) in [5.41, 5.74) is 0.889. The van der Waals surface area contributed by atoms with Gasteiger partial charge in [-0.1, -0.05) is 24.3 Å². The van der Waals surface area contributed by atoms with E-state index in [4.69, 9.17) is 4.74 Å². The highest BCUT2D eigenvalue weighted by atomic mass is 32.2. The van der Waals surface area contributed by atoms with Crippen molar-refractivity contribution in [1.82, 2.24) is 4.31 Å². The van der Waals surface area contributed by atoms with Crippen molar-refractivity contribution in [3.05, 3.63) is 65.7 Å². The maximum Gasteiger partial charge on any atom is 0.269 e. The van der Waals surface area contributed by atoms with Gasteiger partial charge >= 0.3 is 0 Å². The summed E-state index contributed by atoms with van der Waals surface area (Å²) < 4.78 is 31.8. The maximum atomic E-state index is 13.2. The Bertz CT molecular complexity index is 1280. The summed E-state index contributed by atoms with van der Waals surface area (Å²) in [5, 5.41) is 0.848. The fourth-order valence-electron chi connectivity index (χ4n) is 3.52. The zero-order valence-electron chi connectivity index (χ0n) is 16.0. The minimum absolute atomic E-state index is 0.0856. The molecule has 7 nitrogen and oxygen atoms in total. The van der Waals surface area contributed by atoms with Crippen LogP contribution in [-0.2, 0) is 10.0 Å². The third kappa shape index (κ3) is 2.72. The monoisotopic (exact) mass is 410 g/mol. The van der Waals surface area contributed by atoms with E-state index < -0.39 is 21.8 Å². The van der Waals surface area contributed by atoms with Crippen molar-refractivity contribution in [3.8, 4) is 5.75 Å². The molecule has 0 unspecified atom stereocenters. The average Bonchev–Trinajstić information content (AvgIpc) is 3.01. The first-order valence-electron chi connectivity index (χ1n) is 8.79. The lowest BCUT2D eigenvalue weighted by molar-refractivity contribution is 0.0901. The second-order valence-electron chi connectivity index (χ2n) is 6.74. The smallest absolute Gasteiger partial charge is 0.269 e. The fraction of sp³-hybridized carbons (Fsp3) is 0.143. The number of sulfonamides is 1. The van der Waals surface area contributed by atoms with Gasteiger partial charge in [0.15, 0.2) is 0 Å². The van der Waals surface area contributed by atoms with Gasteiger partial charge in [-0.3, -0.25) is 9.59 Å². The number of benzene rings is 3. The molecule has 0 aliphatic carbocycles. The molecule has 0 N–H and O–H groups in total. The number of para-hydroxylation sites is 1. The number of imide groups is 1. The van der Waals surface area contributed by atoms with Crippen LogP contribution in [0.2, 0.25) is 0 Å². The summed E-state index contributed by atoms with van der Waals surface area (Å²) in [6.45, 7) is 0. The molecule has 0 bridgehead atoms. The van der Waals surface area contributed by atoms with Gasteiger partial charge in [-0.2, -0.15) is 0 Å². The molecule has 0 saturated heterocycles. The summed E-state index contributed by atoms with van der Waals surface area (Å²) in [5.74, 6) is -0.682. The molecule has 4 rings (SSSR count). The molecule has 0 saturated carbocycles. The van der Waals surface area contributed by atoms with Crippen LogP contribution in [0.15, 0.2) is 59.5 Å². The van der Waals surface area contributed by atoms with Crippen LogP contribution in [-0.4, -0.2) is 45.7 Å². The predicted molar refractivity (Wildman–Crippen MR) is 109 cm³/mol. The number of methoxy groups -OCH3 is 1. The minimum atomic E-state index is -3.73. The number of ether oxygens (including phenoxy) is 1.